The molecule has 2 rings (SSSR count). The van der Waals surface area contributed by atoms with E-state index < -0.39 is 35.2 Å². The van der Waals surface area contributed by atoms with Crippen LogP contribution in [-0.4, -0.2) is 18.5 Å². The fraction of sp³-hybridized carbons (Fsp3) is 0.125. The van der Waals surface area contributed by atoms with Crippen molar-refractivity contribution in [3.05, 3.63) is 57.4 Å². The van der Waals surface area contributed by atoms with Crippen LogP contribution in [0.1, 0.15) is 11.3 Å². The molecule has 0 bridgehead atoms. The van der Waals surface area contributed by atoms with Gasteiger partial charge in [-0.15, -0.1) is 0 Å². The molecule has 26 heavy (non-hydrogen) atoms. The number of nitrogens with one attached hydrogen (secondary N) is 1. The monoisotopic (exact) mass is 451 g/mol. The van der Waals surface area contributed by atoms with E-state index in [2.05, 4.69) is 26.0 Å². The summed E-state index contributed by atoms with van der Waals surface area (Å²) in [7, 11) is 0. The van der Waals surface area contributed by atoms with Crippen LogP contribution in [0, 0.1) is 0 Å². The van der Waals surface area contributed by atoms with Crippen molar-refractivity contribution in [2.75, 3.05) is 11.9 Å². The van der Waals surface area contributed by atoms with E-state index in [1.807, 2.05) is 0 Å². The summed E-state index contributed by atoms with van der Waals surface area (Å²) in [6, 6.07) is 6.12. The summed E-state index contributed by atoms with van der Waals surface area (Å²) < 4.78 is 48.6. The quantitative estimate of drug-likeness (QED) is 0.517. The summed E-state index contributed by atoms with van der Waals surface area (Å²) >= 11 is 8.58. The van der Waals surface area contributed by atoms with Gasteiger partial charge >= 0.3 is 12.1 Å². The number of furan rings is 1. The molecule has 0 radical (unpaired) electrons. The highest BCUT2D eigenvalue weighted by atomic mass is 79.9. The number of amides is 1. The molecule has 1 amide bonds. The zero-order valence-electron chi connectivity index (χ0n) is 12.8. The lowest BCUT2D eigenvalue weighted by molar-refractivity contribution is -0.142. The number of rotatable bonds is 5. The van der Waals surface area contributed by atoms with Crippen molar-refractivity contribution in [3.8, 4) is 0 Å². The third-order valence-corrected chi connectivity index (χ3v) is 3.63. The van der Waals surface area contributed by atoms with Gasteiger partial charge in [0.15, 0.2) is 11.3 Å². The standard InChI is InChI=1S/C16H10BrClF3NO4/c17-13-5-2-10(26-13)3-6-15(24)25-8-14(23)22-9-1-4-12(18)11(7-9)16(19,20)21/h1-7H,8H2,(H,22,23)/b6-3+. The lowest BCUT2D eigenvalue weighted by atomic mass is 10.2. The fourth-order valence-corrected chi connectivity index (χ4v) is 2.31. The third kappa shape index (κ3) is 5.92. The van der Waals surface area contributed by atoms with Crippen molar-refractivity contribution in [1.82, 2.24) is 0 Å². The zero-order chi connectivity index (χ0) is 19.3. The maximum atomic E-state index is 12.8. The fourth-order valence-electron chi connectivity index (χ4n) is 1.77. The molecule has 0 unspecified atom stereocenters. The minimum Gasteiger partial charge on any atom is -0.452 e. The first kappa shape index (κ1) is 20.1. The Balaban J connectivity index is 1.89. The summed E-state index contributed by atoms with van der Waals surface area (Å²) in [5.41, 5.74) is -1.21. The Hall–Kier alpha value is -2.26. The molecule has 1 heterocycles. The second kappa shape index (κ2) is 8.41. The van der Waals surface area contributed by atoms with Crippen LogP contribution in [0.4, 0.5) is 18.9 Å². The molecule has 0 aliphatic carbocycles. The Morgan fingerprint density at radius 1 is 1.27 bits per heavy atom. The number of benzene rings is 1. The number of halogens is 5. The van der Waals surface area contributed by atoms with Crippen LogP contribution in [0.2, 0.25) is 5.02 Å². The molecule has 2 aromatic rings. The van der Waals surface area contributed by atoms with Crippen molar-refractivity contribution in [3.63, 3.8) is 0 Å². The van der Waals surface area contributed by atoms with Gasteiger partial charge in [-0.1, -0.05) is 11.6 Å². The Morgan fingerprint density at radius 2 is 2.00 bits per heavy atom. The van der Waals surface area contributed by atoms with Gasteiger partial charge in [-0.3, -0.25) is 4.79 Å². The van der Waals surface area contributed by atoms with E-state index in [1.54, 1.807) is 12.1 Å². The summed E-state index contributed by atoms with van der Waals surface area (Å²) in [6.07, 6.45) is -2.28. The van der Waals surface area contributed by atoms with Crippen LogP contribution < -0.4 is 5.32 Å². The Bertz CT molecular complexity index is 848. The molecule has 10 heteroatoms. The molecule has 0 aliphatic heterocycles. The summed E-state index contributed by atoms with van der Waals surface area (Å²) in [5, 5.41) is 1.70. The third-order valence-electron chi connectivity index (χ3n) is 2.88. The van der Waals surface area contributed by atoms with Crippen LogP contribution in [0.5, 0.6) is 0 Å². The van der Waals surface area contributed by atoms with Gasteiger partial charge in [-0.25, -0.2) is 4.79 Å². The smallest absolute Gasteiger partial charge is 0.417 e. The van der Waals surface area contributed by atoms with Gasteiger partial charge in [0.2, 0.25) is 0 Å². The molecule has 1 aromatic heterocycles. The van der Waals surface area contributed by atoms with Gasteiger partial charge < -0.3 is 14.5 Å². The van der Waals surface area contributed by atoms with Crippen molar-refractivity contribution in [2.24, 2.45) is 0 Å². The molecule has 5 nitrogen and oxygen atoms in total. The average molecular weight is 453 g/mol. The van der Waals surface area contributed by atoms with Crippen LogP contribution in [0.25, 0.3) is 6.08 Å². The maximum absolute atomic E-state index is 12.8. The molecule has 0 aliphatic rings. The molecular weight excluding hydrogens is 443 g/mol. The SMILES string of the molecule is O=C(COC(=O)/C=C/c1ccc(Br)o1)Nc1ccc(Cl)c(C(F)(F)F)c1. The van der Waals surface area contributed by atoms with Crippen LogP contribution in [0.3, 0.4) is 0 Å². The molecular formula is C16H10BrClF3NO4. The van der Waals surface area contributed by atoms with Gasteiger partial charge in [0.1, 0.15) is 5.76 Å². The number of carbonyl (C=O) groups is 2. The predicted molar refractivity (Wildman–Crippen MR) is 91.5 cm³/mol. The number of esters is 1. The van der Waals surface area contributed by atoms with E-state index >= 15 is 0 Å². The zero-order valence-corrected chi connectivity index (χ0v) is 15.1. The number of anilines is 1. The highest BCUT2D eigenvalue weighted by molar-refractivity contribution is 9.10. The second-order valence-electron chi connectivity index (χ2n) is 4.82. The highest BCUT2D eigenvalue weighted by Gasteiger charge is 2.33. The molecule has 0 spiro atoms. The van der Waals surface area contributed by atoms with Crippen molar-refractivity contribution >= 4 is 51.2 Å². The van der Waals surface area contributed by atoms with Crippen molar-refractivity contribution in [1.29, 1.82) is 0 Å². The van der Waals surface area contributed by atoms with E-state index in [-0.39, 0.29) is 5.69 Å². The Kier molecular flexibility index (Phi) is 6.49. The number of alkyl halides is 3. The first-order chi connectivity index (χ1) is 12.1. The maximum Gasteiger partial charge on any atom is 0.417 e. The topological polar surface area (TPSA) is 68.5 Å². The van der Waals surface area contributed by atoms with E-state index in [0.29, 0.717) is 16.5 Å². The molecule has 0 saturated heterocycles. The van der Waals surface area contributed by atoms with E-state index in [1.165, 1.54) is 12.1 Å². The number of hydrogen-bond donors (Lipinski definition) is 1. The Labute approximate surface area is 158 Å². The summed E-state index contributed by atoms with van der Waals surface area (Å²) in [6.45, 7) is -0.672. The predicted octanol–water partition coefficient (Wildman–Crippen LogP) is 4.91. The molecule has 0 atom stereocenters. The minimum atomic E-state index is -4.66. The molecule has 138 valence electrons. The van der Waals surface area contributed by atoms with Gasteiger partial charge in [0, 0.05) is 11.8 Å². The normalized spacial score (nSPS) is 11.6. The van der Waals surface area contributed by atoms with Gasteiger partial charge in [0.05, 0.1) is 10.6 Å². The first-order valence-corrected chi connectivity index (χ1v) is 8.09. The van der Waals surface area contributed by atoms with Gasteiger partial charge in [-0.05, 0) is 52.3 Å². The number of hydrogen-bond acceptors (Lipinski definition) is 4. The van der Waals surface area contributed by atoms with E-state index in [0.717, 1.165) is 12.1 Å². The lowest BCUT2D eigenvalue weighted by Gasteiger charge is -2.11. The van der Waals surface area contributed by atoms with Crippen molar-refractivity contribution in [2.45, 2.75) is 6.18 Å². The first-order valence-electron chi connectivity index (χ1n) is 6.92. The molecule has 0 fully saturated rings. The van der Waals surface area contributed by atoms with Gasteiger partial charge in [0.25, 0.3) is 5.91 Å². The number of carbonyl (C=O) groups excluding carboxylic acids is 2. The van der Waals surface area contributed by atoms with Crippen LogP contribution in [-0.2, 0) is 20.5 Å². The van der Waals surface area contributed by atoms with Gasteiger partial charge in [-0.2, -0.15) is 13.2 Å². The highest BCUT2D eigenvalue weighted by Crippen LogP contribution is 2.36. The summed E-state index contributed by atoms with van der Waals surface area (Å²) in [4.78, 5) is 23.2. The molecule has 0 saturated carbocycles. The van der Waals surface area contributed by atoms with Crippen molar-refractivity contribution < 1.29 is 31.9 Å². The minimum absolute atomic E-state index is 0.126. The summed E-state index contributed by atoms with van der Waals surface area (Å²) in [5.74, 6) is -1.23. The van der Waals surface area contributed by atoms with Crippen LogP contribution >= 0.6 is 27.5 Å². The molecule has 1 N–H and O–H groups in total. The van der Waals surface area contributed by atoms with Crippen LogP contribution in [0.15, 0.2) is 45.5 Å². The molecule has 1 aromatic carbocycles. The average Bonchev–Trinajstić information content (AvgIpc) is 2.97. The lowest BCUT2D eigenvalue weighted by Crippen LogP contribution is -2.20. The number of ether oxygens (including phenoxy) is 1. The van der Waals surface area contributed by atoms with E-state index in [9.17, 15) is 22.8 Å². The Morgan fingerprint density at radius 3 is 2.62 bits per heavy atom. The second-order valence-corrected chi connectivity index (χ2v) is 6.01. The largest absolute Gasteiger partial charge is 0.452 e. The van der Waals surface area contributed by atoms with E-state index in [4.69, 9.17) is 16.0 Å².